The highest BCUT2D eigenvalue weighted by Gasteiger charge is 2.05. The van der Waals surface area contributed by atoms with E-state index in [1.807, 2.05) is 30.3 Å². The summed E-state index contributed by atoms with van der Waals surface area (Å²) in [5.41, 5.74) is 6.65. The molecule has 0 bridgehead atoms. The molecular formula is C10H14N2OS. The van der Waals surface area contributed by atoms with Gasteiger partial charge in [-0.15, -0.1) is 0 Å². The standard InChI is InChI=1S/C10H14N2OS/c11-10(14)12(6-7-13)8-9-4-2-1-3-5-9/h1-5,13H,6-8H2,(H2,11,14). The molecule has 14 heavy (non-hydrogen) atoms. The predicted molar refractivity (Wildman–Crippen MR) is 60.7 cm³/mol. The van der Waals surface area contributed by atoms with Crippen molar-refractivity contribution < 1.29 is 5.11 Å². The molecule has 0 aromatic heterocycles. The summed E-state index contributed by atoms with van der Waals surface area (Å²) in [6.07, 6.45) is 0. The predicted octanol–water partition coefficient (Wildman–Crippen LogP) is 0.724. The Morgan fingerprint density at radius 3 is 2.50 bits per heavy atom. The van der Waals surface area contributed by atoms with Crippen LogP contribution in [0.5, 0.6) is 0 Å². The molecule has 0 unspecified atom stereocenters. The van der Waals surface area contributed by atoms with Gasteiger partial charge >= 0.3 is 0 Å². The van der Waals surface area contributed by atoms with Gasteiger partial charge in [0.2, 0.25) is 0 Å². The third kappa shape index (κ3) is 3.32. The lowest BCUT2D eigenvalue weighted by Gasteiger charge is -2.21. The highest BCUT2D eigenvalue weighted by molar-refractivity contribution is 7.80. The van der Waals surface area contributed by atoms with Gasteiger partial charge in [-0.2, -0.15) is 0 Å². The highest BCUT2D eigenvalue weighted by Crippen LogP contribution is 2.03. The third-order valence-electron chi connectivity index (χ3n) is 1.90. The van der Waals surface area contributed by atoms with Gasteiger partial charge in [0.05, 0.1) is 6.61 Å². The molecule has 0 radical (unpaired) electrons. The molecule has 0 heterocycles. The van der Waals surface area contributed by atoms with Gasteiger partial charge in [0.15, 0.2) is 5.11 Å². The van der Waals surface area contributed by atoms with Gasteiger partial charge < -0.3 is 15.7 Å². The second kappa shape index (κ2) is 5.57. The van der Waals surface area contributed by atoms with Crippen LogP contribution in [0.4, 0.5) is 0 Å². The molecule has 0 spiro atoms. The van der Waals surface area contributed by atoms with Gasteiger partial charge in [-0.1, -0.05) is 30.3 Å². The van der Waals surface area contributed by atoms with Crippen molar-refractivity contribution in [2.24, 2.45) is 5.73 Å². The van der Waals surface area contributed by atoms with E-state index in [2.05, 4.69) is 0 Å². The smallest absolute Gasteiger partial charge is 0.166 e. The van der Waals surface area contributed by atoms with Crippen molar-refractivity contribution in [3.05, 3.63) is 35.9 Å². The minimum Gasteiger partial charge on any atom is -0.395 e. The first kappa shape index (κ1) is 10.9. The second-order valence-electron chi connectivity index (χ2n) is 2.97. The minimum atomic E-state index is 0.0597. The average molecular weight is 210 g/mol. The first-order valence-electron chi connectivity index (χ1n) is 4.43. The van der Waals surface area contributed by atoms with Crippen molar-refractivity contribution in [1.82, 2.24) is 4.90 Å². The molecule has 0 saturated heterocycles. The van der Waals surface area contributed by atoms with Crippen molar-refractivity contribution in [3.8, 4) is 0 Å². The quantitative estimate of drug-likeness (QED) is 0.719. The molecule has 76 valence electrons. The summed E-state index contributed by atoms with van der Waals surface area (Å²) in [7, 11) is 0. The van der Waals surface area contributed by atoms with Crippen LogP contribution in [-0.2, 0) is 6.54 Å². The molecular weight excluding hydrogens is 196 g/mol. The van der Waals surface area contributed by atoms with Crippen molar-refractivity contribution in [3.63, 3.8) is 0 Å². The van der Waals surface area contributed by atoms with Crippen LogP contribution in [0, 0.1) is 0 Å². The molecule has 0 amide bonds. The van der Waals surface area contributed by atoms with E-state index in [4.69, 9.17) is 23.1 Å². The zero-order chi connectivity index (χ0) is 10.4. The zero-order valence-corrected chi connectivity index (χ0v) is 8.70. The molecule has 0 fully saturated rings. The van der Waals surface area contributed by atoms with Gasteiger partial charge in [-0.3, -0.25) is 0 Å². The molecule has 3 nitrogen and oxygen atoms in total. The lowest BCUT2D eigenvalue weighted by molar-refractivity contribution is 0.247. The lowest BCUT2D eigenvalue weighted by Crippen LogP contribution is -2.36. The van der Waals surface area contributed by atoms with Gasteiger partial charge in [-0.05, 0) is 17.8 Å². The molecule has 1 aromatic carbocycles. The fourth-order valence-corrected chi connectivity index (χ4v) is 1.35. The number of nitrogens with zero attached hydrogens (tertiary/aromatic N) is 1. The van der Waals surface area contributed by atoms with Crippen LogP contribution in [0.1, 0.15) is 5.56 Å². The Bertz CT molecular complexity index is 289. The van der Waals surface area contributed by atoms with Gasteiger partial charge in [-0.25, -0.2) is 0 Å². The number of thiocarbonyl (C=S) groups is 1. The highest BCUT2D eigenvalue weighted by atomic mass is 32.1. The summed E-state index contributed by atoms with van der Waals surface area (Å²) < 4.78 is 0. The van der Waals surface area contributed by atoms with Crippen LogP contribution in [0.25, 0.3) is 0 Å². The van der Waals surface area contributed by atoms with Crippen molar-refractivity contribution in [2.45, 2.75) is 6.54 Å². The molecule has 0 saturated carbocycles. The summed E-state index contributed by atoms with van der Waals surface area (Å²) in [4.78, 5) is 1.77. The lowest BCUT2D eigenvalue weighted by atomic mass is 10.2. The average Bonchev–Trinajstić information content (AvgIpc) is 2.18. The Morgan fingerprint density at radius 2 is 2.00 bits per heavy atom. The fourth-order valence-electron chi connectivity index (χ4n) is 1.19. The van der Waals surface area contributed by atoms with E-state index in [1.54, 1.807) is 4.90 Å². The van der Waals surface area contributed by atoms with E-state index in [0.717, 1.165) is 5.56 Å². The molecule has 1 aromatic rings. The first-order valence-corrected chi connectivity index (χ1v) is 4.84. The summed E-state index contributed by atoms with van der Waals surface area (Å²) in [6.45, 7) is 1.19. The van der Waals surface area contributed by atoms with Crippen molar-refractivity contribution in [1.29, 1.82) is 0 Å². The first-order chi connectivity index (χ1) is 6.74. The van der Waals surface area contributed by atoms with Gasteiger partial charge in [0, 0.05) is 13.1 Å². The Balaban J connectivity index is 2.60. The van der Waals surface area contributed by atoms with Gasteiger partial charge in [0.1, 0.15) is 0 Å². The van der Waals surface area contributed by atoms with Crippen LogP contribution in [0.3, 0.4) is 0 Å². The largest absolute Gasteiger partial charge is 0.395 e. The van der Waals surface area contributed by atoms with Crippen LogP contribution in [-0.4, -0.2) is 28.3 Å². The molecule has 0 atom stereocenters. The Hall–Kier alpha value is -1.13. The van der Waals surface area contributed by atoms with E-state index >= 15 is 0 Å². The molecule has 0 aliphatic heterocycles. The monoisotopic (exact) mass is 210 g/mol. The summed E-state index contributed by atoms with van der Waals surface area (Å²) in [5, 5.41) is 9.13. The maximum Gasteiger partial charge on any atom is 0.166 e. The Labute approximate surface area is 89.1 Å². The van der Waals surface area contributed by atoms with Crippen LogP contribution < -0.4 is 5.73 Å². The van der Waals surface area contributed by atoms with Crippen molar-refractivity contribution >= 4 is 17.3 Å². The topological polar surface area (TPSA) is 49.5 Å². The Kier molecular flexibility index (Phi) is 4.35. The maximum atomic E-state index is 8.81. The normalized spacial score (nSPS) is 9.79. The minimum absolute atomic E-state index is 0.0597. The summed E-state index contributed by atoms with van der Waals surface area (Å²) >= 11 is 4.87. The van der Waals surface area contributed by atoms with Crippen LogP contribution in [0.15, 0.2) is 30.3 Å². The number of nitrogens with two attached hydrogens (primary N) is 1. The number of aliphatic hydroxyl groups is 1. The number of hydrogen-bond donors (Lipinski definition) is 2. The van der Waals surface area contributed by atoms with Crippen LogP contribution >= 0.6 is 12.2 Å². The fraction of sp³-hybridized carbons (Fsp3) is 0.300. The second-order valence-corrected chi connectivity index (χ2v) is 3.39. The molecule has 0 aliphatic carbocycles. The van der Waals surface area contributed by atoms with Crippen molar-refractivity contribution in [2.75, 3.05) is 13.2 Å². The third-order valence-corrected chi connectivity index (χ3v) is 2.16. The molecule has 3 N–H and O–H groups in total. The Morgan fingerprint density at radius 1 is 1.36 bits per heavy atom. The number of rotatable bonds is 4. The summed E-state index contributed by atoms with van der Waals surface area (Å²) in [5.74, 6) is 0. The maximum absolute atomic E-state index is 8.81. The number of aliphatic hydroxyl groups excluding tert-OH is 1. The SMILES string of the molecule is NC(=S)N(CCO)Cc1ccccc1. The van der Waals surface area contributed by atoms with E-state index in [0.29, 0.717) is 18.2 Å². The van der Waals surface area contributed by atoms with E-state index in [-0.39, 0.29) is 6.61 Å². The van der Waals surface area contributed by atoms with E-state index in [9.17, 15) is 0 Å². The number of hydrogen-bond acceptors (Lipinski definition) is 2. The molecule has 1 rings (SSSR count). The zero-order valence-electron chi connectivity index (χ0n) is 7.89. The number of benzene rings is 1. The van der Waals surface area contributed by atoms with E-state index < -0.39 is 0 Å². The molecule has 0 aliphatic rings. The van der Waals surface area contributed by atoms with Gasteiger partial charge in [0.25, 0.3) is 0 Å². The molecule has 4 heteroatoms. The summed E-state index contributed by atoms with van der Waals surface area (Å²) in [6, 6.07) is 9.89. The van der Waals surface area contributed by atoms with Crippen LogP contribution in [0.2, 0.25) is 0 Å². The van der Waals surface area contributed by atoms with E-state index in [1.165, 1.54) is 0 Å².